The van der Waals surface area contributed by atoms with Gasteiger partial charge in [-0.25, -0.2) is 9.67 Å². The molecule has 2 aromatic heterocycles. The van der Waals surface area contributed by atoms with E-state index in [0.717, 1.165) is 11.1 Å². The fourth-order valence-electron chi connectivity index (χ4n) is 3.37. The predicted molar refractivity (Wildman–Crippen MR) is 118 cm³/mol. The summed E-state index contributed by atoms with van der Waals surface area (Å²) in [6.07, 6.45) is 2.26. The molecular weight excluding hydrogens is 394 g/mol. The number of nitrogens with one attached hydrogen (secondary N) is 2. The third-order valence-electron chi connectivity index (χ3n) is 5.26. The fraction of sp³-hybridized carbons (Fsp3) is 0.348. The van der Waals surface area contributed by atoms with Crippen molar-refractivity contribution < 1.29 is 9.84 Å². The average molecular weight is 422 g/mol. The van der Waals surface area contributed by atoms with Crippen LogP contribution in [0.4, 0.5) is 0 Å². The molecule has 0 bridgehead atoms. The summed E-state index contributed by atoms with van der Waals surface area (Å²) in [6, 6.07) is 10.7. The first-order chi connectivity index (χ1) is 14.8. The molecule has 31 heavy (non-hydrogen) atoms. The second-order valence-corrected chi connectivity index (χ2v) is 7.79. The Morgan fingerprint density at radius 3 is 2.65 bits per heavy atom. The summed E-state index contributed by atoms with van der Waals surface area (Å²) in [6.45, 7) is 6.45. The number of aromatic amines is 1. The smallest absolute Gasteiger partial charge is 0.280 e. The molecule has 0 aliphatic carbocycles. The summed E-state index contributed by atoms with van der Waals surface area (Å²) in [5.41, 5.74) is 2.99. The number of ether oxygens (including phenoxy) is 1. The van der Waals surface area contributed by atoms with E-state index in [2.05, 4.69) is 35.3 Å². The van der Waals surface area contributed by atoms with E-state index in [1.54, 1.807) is 43.6 Å². The Morgan fingerprint density at radius 1 is 1.29 bits per heavy atom. The lowest BCUT2D eigenvalue weighted by molar-refractivity contribution is 0.0752. The Labute approximate surface area is 181 Å². The zero-order chi connectivity index (χ0) is 22.5. The molecular formula is C23H27N5O3. The lowest BCUT2D eigenvalue weighted by Crippen LogP contribution is -2.40. The zero-order valence-electron chi connectivity index (χ0n) is 18.1. The summed E-state index contributed by atoms with van der Waals surface area (Å²) >= 11 is 0. The monoisotopic (exact) mass is 421 g/mol. The van der Waals surface area contributed by atoms with Gasteiger partial charge in [0.05, 0.1) is 23.8 Å². The van der Waals surface area contributed by atoms with E-state index in [9.17, 15) is 9.90 Å². The summed E-state index contributed by atoms with van der Waals surface area (Å²) < 4.78 is 6.55. The zero-order valence-corrected chi connectivity index (χ0v) is 18.1. The topological polar surface area (TPSA) is 116 Å². The molecule has 1 unspecified atom stereocenters. The SMILES string of the molecule is COC[C@@H](NC(O)c1ccc(-n2[nH]cc(-c3ccc(C#N)cc3C)c2=O)nc1)C(C)C. The van der Waals surface area contributed by atoms with Crippen LogP contribution in [0.3, 0.4) is 0 Å². The standard InChI is InChI=1S/C23H27N5O3/c1-14(2)20(13-31-4)27-22(29)17-6-8-21(25-11-17)28-23(30)19(12-26-28)18-7-5-16(10-24)9-15(18)3/h5-9,11-12,14,20,22,26-27,29H,13H2,1-4H3/t20-,22?/m1/s1. The lowest BCUT2D eigenvalue weighted by atomic mass is 10.0. The number of rotatable bonds is 8. The molecule has 2 atom stereocenters. The molecule has 3 aromatic rings. The van der Waals surface area contributed by atoms with Crippen LogP contribution in [-0.2, 0) is 4.74 Å². The van der Waals surface area contributed by atoms with Gasteiger partial charge in [-0.1, -0.05) is 19.9 Å². The number of benzene rings is 1. The van der Waals surface area contributed by atoms with Crippen LogP contribution in [0.5, 0.6) is 0 Å². The predicted octanol–water partition coefficient (Wildman–Crippen LogP) is 2.66. The minimum atomic E-state index is -0.902. The Kier molecular flexibility index (Phi) is 7.02. The van der Waals surface area contributed by atoms with E-state index >= 15 is 0 Å². The van der Waals surface area contributed by atoms with Crippen molar-refractivity contribution in [2.75, 3.05) is 13.7 Å². The Balaban J connectivity index is 1.82. The van der Waals surface area contributed by atoms with E-state index < -0.39 is 6.23 Å². The van der Waals surface area contributed by atoms with Crippen molar-refractivity contribution in [2.24, 2.45) is 5.92 Å². The number of methoxy groups -OCH3 is 1. The van der Waals surface area contributed by atoms with E-state index in [1.807, 2.05) is 6.92 Å². The van der Waals surface area contributed by atoms with Gasteiger partial charge in [-0.2, -0.15) is 5.26 Å². The molecule has 0 saturated heterocycles. The molecule has 1 aromatic carbocycles. The summed E-state index contributed by atoms with van der Waals surface area (Å²) in [5, 5.41) is 25.6. The molecule has 8 nitrogen and oxygen atoms in total. The van der Waals surface area contributed by atoms with Gasteiger partial charge in [0.15, 0.2) is 5.82 Å². The van der Waals surface area contributed by atoms with Crippen molar-refractivity contribution in [3.05, 3.63) is 69.8 Å². The molecule has 0 fully saturated rings. The molecule has 0 spiro atoms. The fourth-order valence-corrected chi connectivity index (χ4v) is 3.37. The van der Waals surface area contributed by atoms with Crippen LogP contribution < -0.4 is 10.9 Å². The van der Waals surface area contributed by atoms with Gasteiger partial charge in [0.2, 0.25) is 0 Å². The summed E-state index contributed by atoms with van der Waals surface area (Å²) in [7, 11) is 1.63. The van der Waals surface area contributed by atoms with Gasteiger partial charge in [-0.15, -0.1) is 0 Å². The number of aliphatic hydroxyl groups is 1. The average Bonchev–Trinajstić information content (AvgIpc) is 3.14. The molecule has 162 valence electrons. The minimum absolute atomic E-state index is 0.0103. The third-order valence-corrected chi connectivity index (χ3v) is 5.26. The minimum Gasteiger partial charge on any atom is -0.383 e. The van der Waals surface area contributed by atoms with Crippen LogP contribution >= 0.6 is 0 Å². The van der Waals surface area contributed by atoms with Crippen LogP contribution in [0.2, 0.25) is 0 Å². The van der Waals surface area contributed by atoms with Crippen molar-refractivity contribution in [1.82, 2.24) is 20.1 Å². The number of aromatic nitrogens is 3. The van der Waals surface area contributed by atoms with Crippen molar-refractivity contribution in [1.29, 1.82) is 5.26 Å². The first-order valence-corrected chi connectivity index (χ1v) is 10.1. The molecule has 3 N–H and O–H groups in total. The quantitative estimate of drug-likeness (QED) is 0.482. The van der Waals surface area contributed by atoms with Crippen molar-refractivity contribution in [2.45, 2.75) is 33.0 Å². The molecule has 2 heterocycles. The van der Waals surface area contributed by atoms with Gasteiger partial charge in [-0.05, 0) is 48.2 Å². The number of hydrogen-bond donors (Lipinski definition) is 3. The first kappa shape index (κ1) is 22.4. The largest absolute Gasteiger partial charge is 0.383 e. The lowest BCUT2D eigenvalue weighted by Gasteiger charge is -2.25. The highest BCUT2D eigenvalue weighted by molar-refractivity contribution is 5.67. The van der Waals surface area contributed by atoms with Gasteiger partial charge >= 0.3 is 0 Å². The maximum absolute atomic E-state index is 12.9. The first-order valence-electron chi connectivity index (χ1n) is 10.1. The number of H-pyrrole nitrogens is 1. The van der Waals surface area contributed by atoms with E-state index in [1.165, 1.54) is 10.9 Å². The molecule has 0 aliphatic heterocycles. The van der Waals surface area contributed by atoms with Gasteiger partial charge in [0.1, 0.15) is 6.23 Å². The van der Waals surface area contributed by atoms with Crippen LogP contribution in [0.1, 0.15) is 36.8 Å². The molecule has 0 amide bonds. The van der Waals surface area contributed by atoms with Crippen LogP contribution in [0.25, 0.3) is 16.9 Å². The van der Waals surface area contributed by atoms with Gasteiger partial charge in [-0.3, -0.25) is 15.2 Å². The van der Waals surface area contributed by atoms with E-state index in [4.69, 9.17) is 10.00 Å². The van der Waals surface area contributed by atoms with E-state index in [0.29, 0.717) is 29.1 Å². The number of pyridine rings is 1. The van der Waals surface area contributed by atoms with Gasteiger partial charge in [0, 0.05) is 31.1 Å². The maximum Gasteiger partial charge on any atom is 0.280 e. The highest BCUT2D eigenvalue weighted by atomic mass is 16.5. The second-order valence-electron chi connectivity index (χ2n) is 7.79. The van der Waals surface area contributed by atoms with Crippen LogP contribution in [0.15, 0.2) is 47.5 Å². The van der Waals surface area contributed by atoms with Crippen molar-refractivity contribution in [3.63, 3.8) is 0 Å². The van der Waals surface area contributed by atoms with Crippen LogP contribution in [-0.4, -0.2) is 39.6 Å². The normalized spacial score (nSPS) is 13.2. The van der Waals surface area contributed by atoms with Crippen LogP contribution in [0, 0.1) is 24.2 Å². The Morgan fingerprint density at radius 2 is 2.06 bits per heavy atom. The van der Waals surface area contributed by atoms with Crippen molar-refractivity contribution >= 4 is 0 Å². The molecule has 0 saturated carbocycles. The number of nitrogens with zero attached hydrogens (tertiary/aromatic N) is 3. The van der Waals surface area contributed by atoms with Gasteiger partial charge < -0.3 is 9.84 Å². The summed E-state index contributed by atoms with van der Waals surface area (Å²) in [4.78, 5) is 17.3. The van der Waals surface area contributed by atoms with Gasteiger partial charge in [0.25, 0.3) is 5.56 Å². The third kappa shape index (κ3) is 4.91. The maximum atomic E-state index is 12.9. The number of hydrogen-bond acceptors (Lipinski definition) is 6. The second kappa shape index (κ2) is 9.71. The Hall–Kier alpha value is -3.25. The van der Waals surface area contributed by atoms with Crippen molar-refractivity contribution in [3.8, 4) is 23.0 Å². The number of aliphatic hydroxyl groups excluding tert-OH is 1. The molecule has 3 rings (SSSR count). The summed E-state index contributed by atoms with van der Waals surface area (Å²) in [5.74, 6) is 0.694. The Bertz CT molecular complexity index is 1130. The molecule has 0 aliphatic rings. The van der Waals surface area contributed by atoms with E-state index in [-0.39, 0.29) is 17.5 Å². The number of nitriles is 1. The molecule has 8 heteroatoms. The highest BCUT2D eigenvalue weighted by Gasteiger charge is 2.19. The number of aryl methyl sites for hydroxylation is 1. The molecule has 0 radical (unpaired) electrons. The highest BCUT2D eigenvalue weighted by Crippen LogP contribution is 2.21.